The van der Waals surface area contributed by atoms with Crippen LogP contribution in [0.5, 0.6) is 0 Å². The molecule has 106 valence electrons. The van der Waals surface area contributed by atoms with Gasteiger partial charge in [0, 0.05) is 27.2 Å². The predicted octanol–water partition coefficient (Wildman–Crippen LogP) is 5.03. The first-order valence-corrected chi connectivity index (χ1v) is 6.99. The Hall–Kier alpha value is -1.97. The van der Waals surface area contributed by atoms with Gasteiger partial charge in [-0.2, -0.15) is 0 Å². The van der Waals surface area contributed by atoms with Gasteiger partial charge in [-0.1, -0.05) is 53.5 Å². The van der Waals surface area contributed by atoms with Crippen LogP contribution in [0, 0.1) is 0 Å². The van der Waals surface area contributed by atoms with Crippen molar-refractivity contribution >= 4 is 39.9 Å². The van der Waals surface area contributed by atoms with Crippen molar-refractivity contribution in [3.63, 3.8) is 0 Å². The highest BCUT2D eigenvalue weighted by Crippen LogP contribution is 2.30. The molecular weight excluding hydrogens is 311 g/mol. The topological polar surface area (TPSA) is 50.4 Å². The van der Waals surface area contributed by atoms with E-state index in [1.54, 1.807) is 24.3 Å². The molecule has 0 bridgehead atoms. The fourth-order valence-electron chi connectivity index (χ4n) is 2.29. The van der Waals surface area contributed by atoms with Crippen LogP contribution in [0.4, 0.5) is 0 Å². The first kappa shape index (κ1) is 14.0. The number of halogens is 2. The van der Waals surface area contributed by atoms with Gasteiger partial charge >= 0.3 is 5.97 Å². The summed E-state index contributed by atoms with van der Waals surface area (Å²) in [7, 11) is 0. The second kappa shape index (κ2) is 5.43. The molecule has 5 heteroatoms. The number of benzene rings is 2. The van der Waals surface area contributed by atoms with Crippen molar-refractivity contribution in [3.8, 4) is 0 Å². The van der Waals surface area contributed by atoms with Crippen LogP contribution in [-0.2, 0) is 6.42 Å². The van der Waals surface area contributed by atoms with Crippen LogP contribution in [0.15, 0.2) is 46.9 Å². The summed E-state index contributed by atoms with van der Waals surface area (Å²) >= 11 is 12.0. The Labute approximate surface area is 130 Å². The van der Waals surface area contributed by atoms with Gasteiger partial charge in [-0.3, -0.25) is 0 Å². The third-order valence-corrected chi connectivity index (χ3v) is 3.84. The Bertz CT molecular complexity index is 837. The van der Waals surface area contributed by atoms with Gasteiger partial charge in [0.05, 0.1) is 0 Å². The number of hydrogen-bond donors (Lipinski definition) is 1. The van der Waals surface area contributed by atoms with E-state index in [0.29, 0.717) is 27.6 Å². The van der Waals surface area contributed by atoms with Crippen LogP contribution in [-0.4, -0.2) is 11.1 Å². The molecule has 3 aromatic rings. The van der Waals surface area contributed by atoms with Gasteiger partial charge in [0.25, 0.3) is 0 Å². The van der Waals surface area contributed by atoms with Crippen LogP contribution in [0.25, 0.3) is 10.8 Å². The number of fused-ring (bicyclic) bond motifs is 1. The summed E-state index contributed by atoms with van der Waals surface area (Å²) in [5, 5.41) is 11.7. The third kappa shape index (κ3) is 2.62. The van der Waals surface area contributed by atoms with Gasteiger partial charge in [-0.05, 0) is 17.7 Å². The van der Waals surface area contributed by atoms with E-state index >= 15 is 0 Å². The van der Waals surface area contributed by atoms with Crippen molar-refractivity contribution in [2.45, 2.75) is 6.42 Å². The molecule has 0 saturated carbocycles. The van der Waals surface area contributed by atoms with E-state index in [-0.39, 0.29) is 5.76 Å². The maximum atomic E-state index is 11.3. The Balaban J connectivity index is 2.10. The van der Waals surface area contributed by atoms with Crippen molar-refractivity contribution in [3.05, 3.63) is 69.6 Å². The molecule has 3 nitrogen and oxygen atoms in total. The van der Waals surface area contributed by atoms with Crippen molar-refractivity contribution < 1.29 is 14.3 Å². The van der Waals surface area contributed by atoms with Gasteiger partial charge in [-0.15, -0.1) is 0 Å². The molecule has 0 saturated heterocycles. The number of furan rings is 1. The molecule has 0 aliphatic heterocycles. The second-order valence-corrected chi connectivity index (χ2v) is 5.46. The van der Waals surface area contributed by atoms with E-state index in [0.717, 1.165) is 10.9 Å². The minimum absolute atomic E-state index is 0.0503. The number of hydrogen-bond acceptors (Lipinski definition) is 2. The number of carboxylic acid groups (broad SMARTS) is 1. The van der Waals surface area contributed by atoms with Crippen LogP contribution < -0.4 is 0 Å². The minimum Gasteiger partial charge on any atom is -0.475 e. The van der Waals surface area contributed by atoms with Crippen molar-refractivity contribution in [2.24, 2.45) is 0 Å². The second-order valence-electron chi connectivity index (χ2n) is 4.62. The largest absolute Gasteiger partial charge is 0.475 e. The van der Waals surface area contributed by atoms with Gasteiger partial charge < -0.3 is 9.52 Å². The van der Waals surface area contributed by atoms with Crippen LogP contribution >= 0.6 is 23.2 Å². The maximum Gasteiger partial charge on any atom is 0.372 e. The summed E-state index contributed by atoms with van der Waals surface area (Å²) in [5.74, 6) is -0.558. The molecule has 1 N–H and O–H groups in total. The molecule has 0 fully saturated rings. The first-order chi connectivity index (χ1) is 10.1. The molecule has 0 aliphatic rings. The van der Waals surface area contributed by atoms with E-state index < -0.39 is 5.97 Å². The maximum absolute atomic E-state index is 11.3. The standard InChI is InChI=1S/C16H10Cl2O3/c17-10-6-5-9(13(18)8-10)7-14-11-3-1-2-4-12(11)15(21-14)16(19)20/h1-6,8H,7H2,(H,19,20). The van der Waals surface area contributed by atoms with Crippen LogP contribution in [0.2, 0.25) is 10.0 Å². The fourth-order valence-corrected chi connectivity index (χ4v) is 2.76. The minimum atomic E-state index is -1.08. The summed E-state index contributed by atoms with van der Waals surface area (Å²) in [4.78, 5) is 11.3. The van der Waals surface area contributed by atoms with E-state index in [9.17, 15) is 9.90 Å². The molecule has 0 radical (unpaired) electrons. The molecule has 21 heavy (non-hydrogen) atoms. The highest BCUT2D eigenvalue weighted by Gasteiger charge is 2.18. The van der Waals surface area contributed by atoms with Gasteiger partial charge in [0.2, 0.25) is 5.76 Å². The highest BCUT2D eigenvalue weighted by molar-refractivity contribution is 6.35. The summed E-state index contributed by atoms with van der Waals surface area (Å²) in [6.07, 6.45) is 0.407. The summed E-state index contributed by atoms with van der Waals surface area (Å²) in [6.45, 7) is 0. The lowest BCUT2D eigenvalue weighted by Crippen LogP contribution is -1.93. The molecule has 1 heterocycles. The molecule has 0 amide bonds. The number of carbonyl (C=O) groups is 1. The zero-order valence-electron chi connectivity index (χ0n) is 10.8. The van der Waals surface area contributed by atoms with Gasteiger partial charge in [0.1, 0.15) is 5.76 Å². The lowest BCUT2D eigenvalue weighted by atomic mass is 10.1. The Morgan fingerprint density at radius 2 is 1.81 bits per heavy atom. The van der Waals surface area contributed by atoms with Crippen LogP contribution in [0.3, 0.4) is 0 Å². The first-order valence-electron chi connectivity index (χ1n) is 6.24. The lowest BCUT2D eigenvalue weighted by Gasteiger charge is -2.03. The van der Waals surface area contributed by atoms with Crippen molar-refractivity contribution in [1.82, 2.24) is 0 Å². The lowest BCUT2D eigenvalue weighted by molar-refractivity contribution is 0.0663. The summed E-state index contributed by atoms with van der Waals surface area (Å²) < 4.78 is 5.52. The molecule has 0 atom stereocenters. The quantitative estimate of drug-likeness (QED) is 0.736. The van der Waals surface area contributed by atoms with Gasteiger partial charge in [-0.25, -0.2) is 4.79 Å². The SMILES string of the molecule is O=C(O)c1oc(Cc2ccc(Cl)cc2Cl)c2ccccc12. The van der Waals surface area contributed by atoms with Gasteiger partial charge in [0.15, 0.2) is 0 Å². The predicted molar refractivity (Wildman–Crippen MR) is 82.4 cm³/mol. The van der Waals surface area contributed by atoms with Crippen molar-refractivity contribution in [2.75, 3.05) is 0 Å². The van der Waals surface area contributed by atoms with E-state index in [4.69, 9.17) is 27.6 Å². The van der Waals surface area contributed by atoms with E-state index in [2.05, 4.69) is 0 Å². The molecule has 3 rings (SSSR count). The Morgan fingerprint density at radius 3 is 2.48 bits per heavy atom. The average molecular weight is 321 g/mol. The Morgan fingerprint density at radius 1 is 1.10 bits per heavy atom. The highest BCUT2D eigenvalue weighted by atomic mass is 35.5. The Kier molecular flexibility index (Phi) is 3.62. The zero-order chi connectivity index (χ0) is 15.0. The molecule has 1 aromatic heterocycles. The number of carboxylic acids is 1. The van der Waals surface area contributed by atoms with E-state index in [1.807, 2.05) is 18.2 Å². The van der Waals surface area contributed by atoms with Crippen LogP contribution in [0.1, 0.15) is 21.9 Å². The normalized spacial score (nSPS) is 11.0. The number of aromatic carboxylic acids is 1. The molecular formula is C16H10Cl2O3. The molecule has 2 aromatic carbocycles. The van der Waals surface area contributed by atoms with Crippen molar-refractivity contribution in [1.29, 1.82) is 0 Å². The van der Waals surface area contributed by atoms with E-state index in [1.165, 1.54) is 0 Å². The summed E-state index contributed by atoms with van der Waals surface area (Å²) in [5.41, 5.74) is 0.831. The smallest absolute Gasteiger partial charge is 0.372 e. The zero-order valence-corrected chi connectivity index (χ0v) is 12.3. The molecule has 0 aliphatic carbocycles. The molecule has 0 unspecified atom stereocenters. The number of rotatable bonds is 3. The average Bonchev–Trinajstić information content (AvgIpc) is 2.81. The fraction of sp³-hybridized carbons (Fsp3) is 0.0625. The third-order valence-electron chi connectivity index (χ3n) is 3.26. The molecule has 0 spiro atoms. The monoisotopic (exact) mass is 320 g/mol. The summed E-state index contributed by atoms with van der Waals surface area (Å²) in [6, 6.07) is 12.4.